The first-order chi connectivity index (χ1) is 13.4. The topological polar surface area (TPSA) is 55.8 Å². The Labute approximate surface area is 171 Å². The lowest BCUT2D eigenvalue weighted by Gasteiger charge is -2.29. The smallest absolute Gasteiger partial charge is 0.232 e. The average molecular weight is 420 g/mol. The molecular formula is C21H25NO4S2. The minimum Gasteiger partial charge on any atom is -0.381 e. The van der Waals surface area contributed by atoms with Crippen molar-refractivity contribution in [2.24, 2.45) is 0 Å². The van der Waals surface area contributed by atoms with E-state index in [1.165, 1.54) is 16.1 Å². The second-order valence-electron chi connectivity index (χ2n) is 7.29. The van der Waals surface area contributed by atoms with E-state index >= 15 is 0 Å². The van der Waals surface area contributed by atoms with Gasteiger partial charge in [0, 0.05) is 36.5 Å². The maximum absolute atomic E-state index is 11.9. The van der Waals surface area contributed by atoms with Gasteiger partial charge in [0.15, 0.2) is 0 Å². The average Bonchev–Trinajstić information content (AvgIpc) is 3.12. The van der Waals surface area contributed by atoms with Crippen LogP contribution in [-0.2, 0) is 25.9 Å². The minimum absolute atomic E-state index is 0.0718. The number of benzene rings is 2. The molecule has 5 nitrogen and oxygen atoms in total. The van der Waals surface area contributed by atoms with Crippen LogP contribution >= 0.6 is 11.8 Å². The van der Waals surface area contributed by atoms with Crippen molar-refractivity contribution in [3.05, 3.63) is 53.6 Å². The fourth-order valence-corrected chi connectivity index (χ4v) is 5.79. The van der Waals surface area contributed by atoms with Crippen LogP contribution in [0.2, 0.25) is 0 Å². The third-order valence-electron chi connectivity index (χ3n) is 5.34. The lowest BCUT2D eigenvalue weighted by molar-refractivity contribution is -0.0599. The van der Waals surface area contributed by atoms with E-state index in [0.717, 1.165) is 46.9 Å². The van der Waals surface area contributed by atoms with Crippen LogP contribution in [0.5, 0.6) is 0 Å². The standard InChI is InChI=1S/C21H25NO4S2/c1-25-17-9-11-26-21(14-17)16-4-3-5-18(13-16)27-19-6-7-20-15(12-19)8-10-22(20)28(2,23)24/h3-7,12-13,17,21H,8-11,14H2,1-2H3. The molecule has 1 fully saturated rings. The van der Waals surface area contributed by atoms with Crippen molar-refractivity contribution in [3.63, 3.8) is 0 Å². The molecule has 1 saturated heterocycles. The van der Waals surface area contributed by atoms with Crippen LogP contribution in [-0.4, -0.2) is 41.0 Å². The van der Waals surface area contributed by atoms with E-state index in [2.05, 4.69) is 30.3 Å². The molecule has 7 heteroatoms. The largest absolute Gasteiger partial charge is 0.381 e. The SMILES string of the molecule is COC1CCOC(c2cccc(Sc3ccc4c(c3)CCN4S(C)(=O)=O)c2)C1. The highest BCUT2D eigenvalue weighted by Crippen LogP contribution is 2.37. The number of rotatable bonds is 5. The summed E-state index contributed by atoms with van der Waals surface area (Å²) in [4.78, 5) is 2.27. The predicted octanol–water partition coefficient (Wildman–Crippen LogP) is 4.03. The first kappa shape index (κ1) is 19.8. The molecule has 2 unspecified atom stereocenters. The molecule has 0 aromatic heterocycles. The highest BCUT2D eigenvalue weighted by atomic mass is 32.2. The second kappa shape index (κ2) is 8.06. The van der Waals surface area contributed by atoms with Gasteiger partial charge < -0.3 is 9.47 Å². The summed E-state index contributed by atoms with van der Waals surface area (Å²) >= 11 is 1.69. The summed E-state index contributed by atoms with van der Waals surface area (Å²) in [7, 11) is -1.45. The van der Waals surface area contributed by atoms with E-state index in [9.17, 15) is 8.42 Å². The van der Waals surface area contributed by atoms with E-state index in [0.29, 0.717) is 6.54 Å². The zero-order valence-electron chi connectivity index (χ0n) is 16.1. The molecule has 0 bridgehead atoms. The Morgan fingerprint density at radius 1 is 1.18 bits per heavy atom. The molecule has 0 spiro atoms. The van der Waals surface area contributed by atoms with Crippen LogP contribution < -0.4 is 4.31 Å². The lowest BCUT2D eigenvalue weighted by atomic mass is 9.99. The predicted molar refractivity (Wildman–Crippen MR) is 112 cm³/mol. The van der Waals surface area contributed by atoms with Gasteiger partial charge >= 0.3 is 0 Å². The molecule has 0 N–H and O–H groups in total. The van der Waals surface area contributed by atoms with E-state index < -0.39 is 10.0 Å². The number of ether oxygens (including phenoxy) is 2. The molecule has 2 aromatic rings. The summed E-state index contributed by atoms with van der Waals surface area (Å²) in [6, 6.07) is 14.5. The second-order valence-corrected chi connectivity index (χ2v) is 10.3. The molecule has 2 aliphatic heterocycles. The Balaban J connectivity index is 1.51. The number of anilines is 1. The van der Waals surface area contributed by atoms with Crippen molar-refractivity contribution < 1.29 is 17.9 Å². The Hall–Kier alpha value is -1.54. The molecule has 2 aromatic carbocycles. The maximum atomic E-state index is 11.9. The Morgan fingerprint density at radius 3 is 2.79 bits per heavy atom. The van der Waals surface area contributed by atoms with Crippen LogP contribution in [0, 0.1) is 0 Å². The first-order valence-electron chi connectivity index (χ1n) is 9.47. The molecule has 4 rings (SSSR count). The first-order valence-corrected chi connectivity index (χ1v) is 12.1. The van der Waals surface area contributed by atoms with Crippen LogP contribution in [0.3, 0.4) is 0 Å². The molecule has 28 heavy (non-hydrogen) atoms. The van der Waals surface area contributed by atoms with Crippen LogP contribution in [0.25, 0.3) is 0 Å². The molecule has 2 heterocycles. The van der Waals surface area contributed by atoms with Gasteiger partial charge in [-0.1, -0.05) is 23.9 Å². The molecular weight excluding hydrogens is 394 g/mol. The third-order valence-corrected chi connectivity index (χ3v) is 7.50. The van der Waals surface area contributed by atoms with Crippen molar-refractivity contribution in [3.8, 4) is 0 Å². The quantitative estimate of drug-likeness (QED) is 0.732. The summed E-state index contributed by atoms with van der Waals surface area (Å²) in [6.45, 7) is 1.25. The fourth-order valence-electron chi connectivity index (χ4n) is 3.88. The fraction of sp³-hybridized carbons (Fsp3) is 0.429. The zero-order chi connectivity index (χ0) is 19.7. The Kier molecular flexibility index (Phi) is 5.69. The van der Waals surface area contributed by atoms with Crippen LogP contribution in [0.15, 0.2) is 52.3 Å². The van der Waals surface area contributed by atoms with Gasteiger partial charge in [-0.3, -0.25) is 4.31 Å². The zero-order valence-corrected chi connectivity index (χ0v) is 17.8. The van der Waals surface area contributed by atoms with Gasteiger partial charge in [-0.25, -0.2) is 8.42 Å². The van der Waals surface area contributed by atoms with Crippen LogP contribution in [0.4, 0.5) is 5.69 Å². The van der Waals surface area contributed by atoms with Crippen molar-refractivity contribution >= 4 is 27.5 Å². The van der Waals surface area contributed by atoms with Gasteiger partial charge in [0.05, 0.1) is 24.2 Å². The minimum atomic E-state index is -3.21. The number of nitrogens with zero attached hydrogens (tertiary/aromatic N) is 1. The van der Waals surface area contributed by atoms with Crippen molar-refractivity contribution in [1.82, 2.24) is 0 Å². The summed E-state index contributed by atoms with van der Waals surface area (Å²) in [6.07, 6.45) is 4.17. The van der Waals surface area contributed by atoms with E-state index in [4.69, 9.17) is 9.47 Å². The van der Waals surface area contributed by atoms with E-state index in [-0.39, 0.29) is 12.2 Å². The van der Waals surface area contributed by atoms with Gasteiger partial charge in [0.25, 0.3) is 0 Å². The van der Waals surface area contributed by atoms with E-state index in [1.54, 1.807) is 18.9 Å². The van der Waals surface area contributed by atoms with Crippen molar-refractivity contribution in [2.75, 3.05) is 30.8 Å². The lowest BCUT2D eigenvalue weighted by Crippen LogP contribution is -2.27. The highest BCUT2D eigenvalue weighted by Gasteiger charge is 2.26. The monoisotopic (exact) mass is 419 g/mol. The normalized spacial score (nSPS) is 22.3. The summed E-state index contributed by atoms with van der Waals surface area (Å²) in [5, 5.41) is 0. The number of sulfonamides is 1. The van der Waals surface area contributed by atoms with Crippen molar-refractivity contribution in [2.45, 2.75) is 41.3 Å². The molecule has 2 aliphatic rings. The number of hydrogen-bond acceptors (Lipinski definition) is 5. The molecule has 150 valence electrons. The molecule has 2 atom stereocenters. The number of methoxy groups -OCH3 is 1. The molecule has 0 amide bonds. The Morgan fingerprint density at radius 2 is 2.00 bits per heavy atom. The summed E-state index contributed by atoms with van der Waals surface area (Å²) in [5.74, 6) is 0. The van der Waals surface area contributed by atoms with Crippen LogP contribution in [0.1, 0.15) is 30.1 Å². The third kappa shape index (κ3) is 4.22. The van der Waals surface area contributed by atoms with Gasteiger partial charge in [-0.15, -0.1) is 0 Å². The number of fused-ring (bicyclic) bond motifs is 1. The highest BCUT2D eigenvalue weighted by molar-refractivity contribution is 7.99. The number of hydrogen-bond donors (Lipinski definition) is 0. The van der Waals surface area contributed by atoms with Gasteiger partial charge in [-0.05, 0) is 54.3 Å². The molecule has 0 aliphatic carbocycles. The van der Waals surface area contributed by atoms with Gasteiger partial charge in [0.1, 0.15) is 0 Å². The molecule has 0 radical (unpaired) electrons. The molecule has 0 saturated carbocycles. The van der Waals surface area contributed by atoms with E-state index in [1.807, 2.05) is 12.1 Å². The van der Waals surface area contributed by atoms with Crippen molar-refractivity contribution in [1.29, 1.82) is 0 Å². The summed E-state index contributed by atoms with van der Waals surface area (Å²) < 4.78 is 36.8. The summed E-state index contributed by atoms with van der Waals surface area (Å²) in [5.41, 5.74) is 3.07. The maximum Gasteiger partial charge on any atom is 0.232 e. The van der Waals surface area contributed by atoms with Gasteiger partial charge in [0.2, 0.25) is 10.0 Å². The van der Waals surface area contributed by atoms with Gasteiger partial charge in [-0.2, -0.15) is 0 Å². The Bertz CT molecular complexity index is 961.